The Kier molecular flexibility index (Phi) is 6.92. The number of nitrogens with zero attached hydrogens (tertiary/aromatic N) is 1. The van der Waals surface area contributed by atoms with E-state index in [0.29, 0.717) is 24.6 Å². The summed E-state index contributed by atoms with van der Waals surface area (Å²) in [4.78, 5) is 13.3. The molecule has 168 valence electrons. The lowest BCUT2D eigenvalue weighted by atomic mass is 9.96. The lowest BCUT2D eigenvalue weighted by Crippen LogP contribution is -2.38. The molecule has 0 aromatic heterocycles. The topological polar surface area (TPSA) is 66.5 Å². The lowest BCUT2D eigenvalue weighted by molar-refractivity contribution is 0.0939. The van der Waals surface area contributed by atoms with Crippen molar-refractivity contribution in [2.75, 3.05) is 13.1 Å². The fourth-order valence-electron chi connectivity index (χ4n) is 4.18. The third-order valence-electron chi connectivity index (χ3n) is 6.53. The van der Waals surface area contributed by atoms with Crippen molar-refractivity contribution in [1.29, 1.82) is 0 Å². The Labute approximate surface area is 186 Å². The molecule has 0 aliphatic carbocycles. The molecule has 2 aromatic rings. The Morgan fingerprint density at radius 1 is 0.968 bits per heavy atom. The third-order valence-corrected chi connectivity index (χ3v) is 8.43. The number of carbonyl (C=O) groups excluding carboxylic acids is 1. The number of hydrogen-bond donors (Lipinski definition) is 1. The summed E-state index contributed by atoms with van der Waals surface area (Å²) < 4.78 is 27.8. The molecule has 2 aromatic carbocycles. The number of carbonyl (C=O) groups is 1. The van der Waals surface area contributed by atoms with E-state index in [0.717, 1.165) is 29.5 Å². The second-order valence-corrected chi connectivity index (χ2v) is 11.0. The SMILES string of the molecule is Cc1cc(C)c(C(C)NC(=O)c2cc(S(=O)(=O)N3CCC(C)CC3)ccc2C)cc1C. The van der Waals surface area contributed by atoms with Crippen LogP contribution in [0.5, 0.6) is 0 Å². The zero-order chi connectivity index (χ0) is 22.9. The molecule has 1 amide bonds. The Balaban J connectivity index is 1.84. The fraction of sp³-hybridized carbons (Fsp3) is 0.480. The molecular formula is C25H34N2O3S. The molecule has 1 N–H and O–H groups in total. The van der Waals surface area contributed by atoms with Gasteiger partial charge in [-0.2, -0.15) is 4.31 Å². The Morgan fingerprint density at radius 2 is 1.58 bits per heavy atom. The molecule has 1 atom stereocenters. The minimum absolute atomic E-state index is 0.185. The predicted molar refractivity (Wildman–Crippen MR) is 125 cm³/mol. The fourth-order valence-corrected chi connectivity index (χ4v) is 5.68. The number of sulfonamides is 1. The van der Waals surface area contributed by atoms with Gasteiger partial charge in [0.15, 0.2) is 0 Å². The van der Waals surface area contributed by atoms with Crippen LogP contribution in [-0.4, -0.2) is 31.7 Å². The number of rotatable bonds is 5. The first-order valence-electron chi connectivity index (χ1n) is 11.0. The van der Waals surface area contributed by atoms with Crippen LogP contribution < -0.4 is 5.32 Å². The van der Waals surface area contributed by atoms with Crippen LogP contribution in [0.2, 0.25) is 0 Å². The molecule has 5 nitrogen and oxygen atoms in total. The molecule has 1 unspecified atom stereocenters. The van der Waals surface area contributed by atoms with Crippen molar-refractivity contribution in [1.82, 2.24) is 9.62 Å². The highest BCUT2D eigenvalue weighted by Gasteiger charge is 2.29. The first-order chi connectivity index (χ1) is 14.5. The van der Waals surface area contributed by atoms with Gasteiger partial charge in [-0.3, -0.25) is 4.79 Å². The smallest absolute Gasteiger partial charge is 0.252 e. The van der Waals surface area contributed by atoms with Gasteiger partial charge < -0.3 is 5.32 Å². The molecular weight excluding hydrogens is 408 g/mol. The summed E-state index contributed by atoms with van der Waals surface area (Å²) >= 11 is 0. The van der Waals surface area contributed by atoms with Crippen molar-refractivity contribution in [2.24, 2.45) is 5.92 Å². The van der Waals surface area contributed by atoms with Gasteiger partial charge in [-0.1, -0.05) is 25.1 Å². The lowest BCUT2D eigenvalue weighted by Gasteiger charge is -2.29. The monoisotopic (exact) mass is 442 g/mol. The molecule has 1 heterocycles. The molecule has 31 heavy (non-hydrogen) atoms. The summed E-state index contributed by atoms with van der Waals surface area (Å²) in [5, 5.41) is 3.06. The van der Waals surface area contributed by atoms with Crippen molar-refractivity contribution in [3.8, 4) is 0 Å². The van der Waals surface area contributed by atoms with E-state index in [-0.39, 0.29) is 16.8 Å². The van der Waals surface area contributed by atoms with Gasteiger partial charge in [0.1, 0.15) is 0 Å². The number of hydrogen-bond acceptors (Lipinski definition) is 3. The third kappa shape index (κ3) is 5.01. The maximum absolute atomic E-state index is 13.1. The predicted octanol–water partition coefficient (Wildman–Crippen LogP) is 4.83. The molecule has 3 rings (SSSR count). The van der Waals surface area contributed by atoms with Crippen molar-refractivity contribution in [3.05, 3.63) is 63.7 Å². The average Bonchev–Trinajstić information content (AvgIpc) is 2.71. The normalized spacial score (nSPS) is 16.8. The number of benzene rings is 2. The number of piperidine rings is 1. The summed E-state index contributed by atoms with van der Waals surface area (Å²) in [6.45, 7) is 13.2. The number of aryl methyl sites for hydroxylation is 4. The molecule has 0 radical (unpaired) electrons. The Morgan fingerprint density at radius 3 is 2.23 bits per heavy atom. The molecule has 6 heteroatoms. The van der Waals surface area contributed by atoms with Crippen molar-refractivity contribution in [3.63, 3.8) is 0 Å². The second-order valence-electron chi connectivity index (χ2n) is 9.05. The van der Waals surface area contributed by atoms with E-state index in [2.05, 4.69) is 38.2 Å². The average molecular weight is 443 g/mol. The molecule has 0 saturated carbocycles. The molecule has 1 aliphatic rings. The standard InChI is InChI=1S/C25H34N2O3S/c1-16-9-11-27(12-10-16)31(29,30)22-8-7-17(2)24(15-22)25(28)26-21(6)23-14-19(4)18(3)13-20(23)5/h7-8,13-16,21H,9-12H2,1-6H3,(H,26,28). The van der Waals surface area contributed by atoms with Crippen LogP contribution in [0.3, 0.4) is 0 Å². The van der Waals surface area contributed by atoms with E-state index in [1.807, 2.05) is 20.8 Å². The van der Waals surface area contributed by atoms with Gasteiger partial charge in [-0.15, -0.1) is 0 Å². The van der Waals surface area contributed by atoms with Crippen LogP contribution in [0, 0.1) is 33.6 Å². The zero-order valence-electron chi connectivity index (χ0n) is 19.5. The number of amides is 1. The van der Waals surface area contributed by atoms with Crippen molar-refractivity contribution < 1.29 is 13.2 Å². The zero-order valence-corrected chi connectivity index (χ0v) is 20.3. The molecule has 1 fully saturated rings. The van der Waals surface area contributed by atoms with Crippen LogP contribution >= 0.6 is 0 Å². The van der Waals surface area contributed by atoms with Crippen LogP contribution in [0.1, 0.15) is 70.9 Å². The van der Waals surface area contributed by atoms with Crippen LogP contribution in [0.15, 0.2) is 35.2 Å². The van der Waals surface area contributed by atoms with E-state index >= 15 is 0 Å². The minimum atomic E-state index is -3.60. The van der Waals surface area contributed by atoms with Gasteiger partial charge in [0.25, 0.3) is 5.91 Å². The summed E-state index contributed by atoms with van der Waals surface area (Å²) in [6.07, 6.45) is 1.73. The summed E-state index contributed by atoms with van der Waals surface area (Å²) in [5.41, 5.74) is 5.76. The van der Waals surface area contributed by atoms with E-state index < -0.39 is 10.0 Å². The highest BCUT2D eigenvalue weighted by atomic mass is 32.2. The Bertz CT molecular complexity index is 1080. The first-order valence-corrected chi connectivity index (χ1v) is 12.4. The summed E-state index contributed by atoms with van der Waals surface area (Å²) in [5.74, 6) is 0.285. The maximum atomic E-state index is 13.1. The van der Waals surface area contributed by atoms with Crippen LogP contribution in [0.4, 0.5) is 0 Å². The highest BCUT2D eigenvalue weighted by molar-refractivity contribution is 7.89. The van der Waals surface area contributed by atoms with E-state index in [4.69, 9.17) is 0 Å². The van der Waals surface area contributed by atoms with Crippen molar-refractivity contribution in [2.45, 2.75) is 65.3 Å². The van der Waals surface area contributed by atoms with Gasteiger partial charge in [-0.05, 0) is 93.3 Å². The van der Waals surface area contributed by atoms with E-state index in [1.165, 1.54) is 17.2 Å². The quantitative estimate of drug-likeness (QED) is 0.721. The summed E-state index contributed by atoms with van der Waals surface area (Å²) in [6, 6.07) is 8.91. The summed E-state index contributed by atoms with van der Waals surface area (Å²) in [7, 11) is -3.60. The van der Waals surface area contributed by atoms with Gasteiger partial charge in [0.2, 0.25) is 10.0 Å². The van der Waals surface area contributed by atoms with E-state index in [9.17, 15) is 13.2 Å². The van der Waals surface area contributed by atoms with Gasteiger partial charge in [-0.25, -0.2) is 8.42 Å². The largest absolute Gasteiger partial charge is 0.345 e. The van der Waals surface area contributed by atoms with Gasteiger partial charge in [0.05, 0.1) is 10.9 Å². The molecule has 0 spiro atoms. The first kappa shape index (κ1) is 23.5. The van der Waals surface area contributed by atoms with Gasteiger partial charge >= 0.3 is 0 Å². The second kappa shape index (κ2) is 9.13. The van der Waals surface area contributed by atoms with Crippen LogP contribution in [0.25, 0.3) is 0 Å². The maximum Gasteiger partial charge on any atom is 0.252 e. The molecule has 1 saturated heterocycles. The minimum Gasteiger partial charge on any atom is -0.345 e. The van der Waals surface area contributed by atoms with Gasteiger partial charge in [0, 0.05) is 18.7 Å². The van der Waals surface area contributed by atoms with Crippen molar-refractivity contribution >= 4 is 15.9 Å². The number of nitrogens with one attached hydrogen (secondary N) is 1. The van der Waals surface area contributed by atoms with E-state index in [1.54, 1.807) is 16.4 Å². The molecule has 0 bridgehead atoms. The molecule has 1 aliphatic heterocycles. The highest BCUT2D eigenvalue weighted by Crippen LogP contribution is 2.26. The van der Waals surface area contributed by atoms with Crippen LogP contribution in [-0.2, 0) is 10.0 Å². The Hall–Kier alpha value is -2.18.